The molecule has 1 aromatic carbocycles. The molecule has 0 atom stereocenters. The Bertz CT molecular complexity index is 381. The van der Waals surface area contributed by atoms with Crippen molar-refractivity contribution >= 4 is 17.0 Å². The largest absolute Gasteiger partial charge is 0.422 e. The first kappa shape index (κ1) is 15.2. The molecule has 0 N–H and O–H groups in total. The zero-order valence-corrected chi connectivity index (χ0v) is 9.27. The van der Waals surface area contributed by atoms with Crippen LogP contribution in [0.3, 0.4) is 0 Å². The zero-order chi connectivity index (χ0) is 12.0. The number of halogens is 8. The average Bonchev–Trinajstić information content (AvgIpc) is 2.09. The minimum absolute atomic E-state index is 0. The Morgan fingerprint density at radius 3 is 1.31 bits per heavy atom. The van der Waals surface area contributed by atoms with Gasteiger partial charge in [-0.15, -0.1) is 17.0 Å². The Hall–Kier alpha value is -0.790. The Morgan fingerprint density at radius 2 is 1.06 bits per heavy atom. The molecule has 1 rings (SSSR count). The SMILES string of the molecule is Br.Cc1c(F)c(F)c(C(F)(F)F)c(F)c1F. The van der Waals surface area contributed by atoms with Gasteiger partial charge in [0, 0.05) is 5.56 Å². The maximum absolute atomic E-state index is 12.7. The summed E-state index contributed by atoms with van der Waals surface area (Å²) >= 11 is 0. The van der Waals surface area contributed by atoms with Crippen LogP contribution >= 0.6 is 17.0 Å². The number of rotatable bonds is 0. The third-order valence-electron chi connectivity index (χ3n) is 1.77. The van der Waals surface area contributed by atoms with Gasteiger partial charge in [-0.25, -0.2) is 17.6 Å². The smallest absolute Gasteiger partial charge is 0.203 e. The van der Waals surface area contributed by atoms with Crippen LogP contribution < -0.4 is 0 Å². The second kappa shape index (κ2) is 4.60. The van der Waals surface area contributed by atoms with Gasteiger partial charge in [-0.2, -0.15) is 13.2 Å². The molecule has 0 saturated heterocycles. The minimum atomic E-state index is -5.48. The standard InChI is InChI=1S/C8H3F7.BrH/c1-2-4(9)6(11)3(8(13,14)15)7(12)5(2)10;/h1H3;1H. The average molecular weight is 313 g/mol. The number of hydrogen-bond donors (Lipinski definition) is 0. The van der Waals surface area contributed by atoms with E-state index >= 15 is 0 Å². The summed E-state index contributed by atoms with van der Waals surface area (Å²) in [6, 6.07) is 0. The molecule has 0 spiro atoms. The summed E-state index contributed by atoms with van der Waals surface area (Å²) in [5.41, 5.74) is -3.68. The van der Waals surface area contributed by atoms with Crippen LogP contribution in [-0.4, -0.2) is 0 Å². The molecule has 0 aliphatic carbocycles. The lowest BCUT2D eigenvalue weighted by Gasteiger charge is -2.11. The van der Waals surface area contributed by atoms with Crippen molar-refractivity contribution in [2.75, 3.05) is 0 Å². The number of hydrogen-bond acceptors (Lipinski definition) is 0. The summed E-state index contributed by atoms with van der Waals surface area (Å²) < 4.78 is 86.7. The quantitative estimate of drug-likeness (QED) is 0.499. The lowest BCUT2D eigenvalue weighted by atomic mass is 10.1. The van der Waals surface area contributed by atoms with Gasteiger partial charge in [0.2, 0.25) is 0 Å². The van der Waals surface area contributed by atoms with E-state index in [0.717, 1.165) is 0 Å². The molecule has 16 heavy (non-hydrogen) atoms. The number of benzene rings is 1. The van der Waals surface area contributed by atoms with Gasteiger partial charge in [0.05, 0.1) is 0 Å². The van der Waals surface area contributed by atoms with Crippen LogP contribution in [0.1, 0.15) is 11.1 Å². The molecule has 8 heteroatoms. The minimum Gasteiger partial charge on any atom is -0.203 e. The summed E-state index contributed by atoms with van der Waals surface area (Å²) in [7, 11) is 0. The second-order valence-corrected chi connectivity index (χ2v) is 2.75. The molecule has 0 radical (unpaired) electrons. The van der Waals surface area contributed by atoms with E-state index in [2.05, 4.69) is 0 Å². The molecule has 0 amide bonds. The maximum Gasteiger partial charge on any atom is 0.422 e. The molecule has 0 nitrogen and oxygen atoms in total. The van der Waals surface area contributed by atoms with Crippen molar-refractivity contribution in [3.63, 3.8) is 0 Å². The van der Waals surface area contributed by atoms with Gasteiger partial charge in [-0.1, -0.05) is 0 Å². The Balaban J connectivity index is 0.00000225. The molecule has 0 bridgehead atoms. The highest BCUT2D eigenvalue weighted by Gasteiger charge is 2.41. The summed E-state index contributed by atoms with van der Waals surface area (Å²) in [4.78, 5) is 0. The lowest BCUT2D eigenvalue weighted by molar-refractivity contribution is -0.143. The van der Waals surface area contributed by atoms with Crippen LogP contribution in [-0.2, 0) is 6.18 Å². The highest BCUT2D eigenvalue weighted by atomic mass is 79.9. The van der Waals surface area contributed by atoms with Gasteiger partial charge in [-0.3, -0.25) is 0 Å². The zero-order valence-electron chi connectivity index (χ0n) is 7.55. The van der Waals surface area contributed by atoms with Crippen molar-refractivity contribution in [1.82, 2.24) is 0 Å². The lowest BCUT2D eigenvalue weighted by Crippen LogP contribution is -2.16. The van der Waals surface area contributed by atoms with Gasteiger partial charge < -0.3 is 0 Å². The van der Waals surface area contributed by atoms with Crippen molar-refractivity contribution < 1.29 is 30.7 Å². The second-order valence-electron chi connectivity index (χ2n) is 2.75. The summed E-state index contributed by atoms with van der Waals surface area (Å²) in [6.07, 6.45) is -5.48. The van der Waals surface area contributed by atoms with Gasteiger partial charge in [0.25, 0.3) is 0 Å². The van der Waals surface area contributed by atoms with E-state index in [0.29, 0.717) is 6.92 Å². The highest BCUT2D eigenvalue weighted by molar-refractivity contribution is 8.93. The van der Waals surface area contributed by atoms with Crippen LogP contribution in [0.4, 0.5) is 30.7 Å². The van der Waals surface area contributed by atoms with E-state index in [1.54, 1.807) is 0 Å². The summed E-state index contributed by atoms with van der Waals surface area (Å²) in [5.74, 6) is -8.94. The molecule has 92 valence electrons. The van der Waals surface area contributed by atoms with Crippen LogP contribution in [0, 0.1) is 30.2 Å². The van der Waals surface area contributed by atoms with Gasteiger partial charge in [0.15, 0.2) is 23.3 Å². The van der Waals surface area contributed by atoms with Gasteiger partial charge in [-0.05, 0) is 6.92 Å². The molecule has 0 fully saturated rings. The van der Waals surface area contributed by atoms with Crippen molar-refractivity contribution in [2.24, 2.45) is 0 Å². The highest BCUT2D eigenvalue weighted by Crippen LogP contribution is 2.36. The molecular weight excluding hydrogens is 309 g/mol. The fourth-order valence-corrected chi connectivity index (χ4v) is 0.990. The van der Waals surface area contributed by atoms with Crippen LogP contribution in [0.25, 0.3) is 0 Å². The van der Waals surface area contributed by atoms with Gasteiger partial charge >= 0.3 is 6.18 Å². The third kappa shape index (κ3) is 2.31. The van der Waals surface area contributed by atoms with E-state index in [1.807, 2.05) is 0 Å². The predicted octanol–water partition coefficient (Wildman–Crippen LogP) is 4.15. The summed E-state index contributed by atoms with van der Waals surface area (Å²) in [6.45, 7) is 0.636. The molecular formula is C8H4BrF7. The van der Waals surface area contributed by atoms with Crippen molar-refractivity contribution in [2.45, 2.75) is 13.1 Å². The fraction of sp³-hybridized carbons (Fsp3) is 0.250. The van der Waals surface area contributed by atoms with Crippen molar-refractivity contribution in [1.29, 1.82) is 0 Å². The summed E-state index contributed by atoms with van der Waals surface area (Å²) in [5, 5.41) is 0. The van der Waals surface area contributed by atoms with Gasteiger partial charge in [0.1, 0.15) is 5.56 Å². The van der Waals surface area contributed by atoms with Crippen LogP contribution in [0.2, 0.25) is 0 Å². The monoisotopic (exact) mass is 312 g/mol. The Morgan fingerprint density at radius 1 is 0.750 bits per heavy atom. The molecule has 0 aliphatic rings. The van der Waals surface area contributed by atoms with E-state index in [-0.39, 0.29) is 17.0 Å². The molecule has 0 aliphatic heterocycles. The Kier molecular flexibility index (Phi) is 4.38. The van der Waals surface area contributed by atoms with E-state index in [1.165, 1.54) is 0 Å². The normalized spacial score (nSPS) is 11.2. The van der Waals surface area contributed by atoms with E-state index in [4.69, 9.17) is 0 Å². The Labute approximate surface area is 95.8 Å². The first-order valence-electron chi connectivity index (χ1n) is 3.57. The molecule has 0 heterocycles. The van der Waals surface area contributed by atoms with Crippen LogP contribution in [0.15, 0.2) is 0 Å². The van der Waals surface area contributed by atoms with Crippen molar-refractivity contribution in [3.8, 4) is 0 Å². The fourth-order valence-electron chi connectivity index (χ4n) is 0.990. The first-order valence-corrected chi connectivity index (χ1v) is 3.57. The van der Waals surface area contributed by atoms with Crippen molar-refractivity contribution in [3.05, 3.63) is 34.4 Å². The molecule has 0 unspecified atom stereocenters. The predicted molar refractivity (Wildman–Crippen MR) is 46.3 cm³/mol. The molecule has 1 aromatic rings. The van der Waals surface area contributed by atoms with E-state index < -0.39 is 40.6 Å². The van der Waals surface area contributed by atoms with E-state index in [9.17, 15) is 30.7 Å². The number of alkyl halides is 3. The maximum atomic E-state index is 12.7. The topological polar surface area (TPSA) is 0 Å². The third-order valence-corrected chi connectivity index (χ3v) is 1.77. The molecule has 0 aromatic heterocycles. The first-order chi connectivity index (χ1) is 6.68. The molecule has 0 saturated carbocycles. The van der Waals surface area contributed by atoms with Crippen LogP contribution in [0.5, 0.6) is 0 Å².